The summed E-state index contributed by atoms with van der Waals surface area (Å²) in [4.78, 5) is 24.6. The van der Waals surface area contributed by atoms with E-state index >= 15 is 0 Å². The van der Waals surface area contributed by atoms with Gasteiger partial charge in [0.15, 0.2) is 4.90 Å². The number of nitro groups is 1. The molecule has 31 heavy (non-hydrogen) atoms. The van der Waals surface area contributed by atoms with Gasteiger partial charge >= 0.3 is 0 Å². The molecule has 0 radical (unpaired) electrons. The SMILES string of the molecule is C[C@@H](C(=O)Nc1ccc(Cl)cc1Cl)N1CCN(S(=O)(=O)c2ccccc2[N+](=O)[O-])CC1. The van der Waals surface area contributed by atoms with Crippen molar-refractivity contribution in [2.75, 3.05) is 31.5 Å². The molecule has 2 aromatic carbocycles. The molecular weight excluding hydrogens is 467 g/mol. The van der Waals surface area contributed by atoms with Gasteiger partial charge in [-0.15, -0.1) is 0 Å². The van der Waals surface area contributed by atoms with Crippen LogP contribution in [0.2, 0.25) is 10.0 Å². The molecule has 0 aliphatic carbocycles. The Bertz CT molecular complexity index is 1100. The van der Waals surface area contributed by atoms with Crippen LogP contribution in [0.25, 0.3) is 0 Å². The van der Waals surface area contributed by atoms with Crippen molar-refractivity contribution in [2.24, 2.45) is 0 Å². The van der Waals surface area contributed by atoms with E-state index in [0.29, 0.717) is 28.8 Å². The fourth-order valence-corrected chi connectivity index (χ4v) is 5.33. The van der Waals surface area contributed by atoms with Crippen molar-refractivity contribution < 1.29 is 18.1 Å². The Hall–Kier alpha value is -2.24. The number of rotatable bonds is 6. The standard InChI is InChI=1S/C19H20Cl2N4O5S/c1-13(19(26)22-16-7-6-14(20)12-15(16)21)23-8-10-24(11-9-23)31(29,30)18-5-3-2-4-17(18)25(27)28/h2-7,12-13H,8-11H2,1H3,(H,22,26)/t13-/m0/s1. The summed E-state index contributed by atoms with van der Waals surface area (Å²) in [6.07, 6.45) is 0. The van der Waals surface area contributed by atoms with Crippen LogP contribution >= 0.6 is 23.2 Å². The van der Waals surface area contributed by atoms with E-state index in [2.05, 4.69) is 5.32 Å². The molecule has 1 aliphatic heterocycles. The van der Waals surface area contributed by atoms with Gasteiger partial charge in [-0.05, 0) is 31.2 Å². The lowest BCUT2D eigenvalue weighted by Gasteiger charge is -2.36. The zero-order valence-electron chi connectivity index (χ0n) is 16.5. The van der Waals surface area contributed by atoms with E-state index in [0.717, 1.165) is 6.07 Å². The molecular formula is C19H20Cl2N4O5S. The summed E-state index contributed by atoms with van der Waals surface area (Å²) in [5.74, 6) is -0.292. The molecule has 9 nitrogen and oxygen atoms in total. The third kappa shape index (κ3) is 5.16. The van der Waals surface area contributed by atoms with Gasteiger partial charge < -0.3 is 5.32 Å². The number of nitro benzene ring substituents is 1. The van der Waals surface area contributed by atoms with Gasteiger partial charge in [-0.3, -0.25) is 19.8 Å². The van der Waals surface area contributed by atoms with Gasteiger partial charge in [0, 0.05) is 37.3 Å². The summed E-state index contributed by atoms with van der Waals surface area (Å²) in [6.45, 7) is 2.51. The van der Waals surface area contributed by atoms with Crippen LogP contribution in [0.5, 0.6) is 0 Å². The van der Waals surface area contributed by atoms with E-state index in [1.54, 1.807) is 19.1 Å². The number of piperazine rings is 1. The zero-order chi connectivity index (χ0) is 22.8. The summed E-state index contributed by atoms with van der Waals surface area (Å²) in [5.41, 5.74) is -0.0296. The lowest BCUT2D eigenvalue weighted by atomic mass is 10.2. The Morgan fingerprint density at radius 3 is 2.39 bits per heavy atom. The Morgan fingerprint density at radius 2 is 1.77 bits per heavy atom. The predicted octanol–water partition coefficient (Wildman–Crippen LogP) is 3.24. The van der Waals surface area contributed by atoms with E-state index in [9.17, 15) is 23.3 Å². The van der Waals surface area contributed by atoms with Gasteiger partial charge in [0.05, 0.1) is 21.7 Å². The highest BCUT2D eigenvalue weighted by molar-refractivity contribution is 7.89. The summed E-state index contributed by atoms with van der Waals surface area (Å²) in [6, 6.07) is 9.46. The fraction of sp³-hybridized carbons (Fsp3) is 0.316. The molecule has 166 valence electrons. The molecule has 0 saturated carbocycles. The van der Waals surface area contributed by atoms with Crippen LogP contribution in [0, 0.1) is 10.1 Å². The molecule has 1 atom stereocenters. The molecule has 0 bridgehead atoms. The molecule has 0 unspecified atom stereocenters. The highest BCUT2D eigenvalue weighted by Gasteiger charge is 2.35. The van der Waals surface area contributed by atoms with Crippen LogP contribution in [0.1, 0.15) is 6.92 Å². The van der Waals surface area contributed by atoms with Gasteiger partial charge in [-0.25, -0.2) is 8.42 Å². The average molecular weight is 487 g/mol. The van der Waals surface area contributed by atoms with Crippen molar-refractivity contribution in [1.82, 2.24) is 9.21 Å². The van der Waals surface area contributed by atoms with Gasteiger partial charge in [-0.2, -0.15) is 4.31 Å². The minimum atomic E-state index is -4.03. The Morgan fingerprint density at radius 1 is 1.13 bits per heavy atom. The minimum absolute atomic E-state index is 0.105. The summed E-state index contributed by atoms with van der Waals surface area (Å²) in [5, 5.41) is 14.7. The zero-order valence-corrected chi connectivity index (χ0v) is 18.8. The van der Waals surface area contributed by atoms with E-state index < -0.39 is 26.7 Å². The number of sulfonamides is 1. The van der Waals surface area contributed by atoms with Gasteiger partial charge in [0.2, 0.25) is 15.9 Å². The summed E-state index contributed by atoms with van der Waals surface area (Å²) in [7, 11) is -4.03. The van der Waals surface area contributed by atoms with E-state index in [4.69, 9.17) is 23.2 Å². The molecule has 1 N–H and O–H groups in total. The number of para-hydroxylation sites is 1. The fourth-order valence-electron chi connectivity index (χ4n) is 3.29. The maximum atomic E-state index is 12.9. The maximum Gasteiger partial charge on any atom is 0.289 e. The molecule has 0 aromatic heterocycles. The van der Waals surface area contributed by atoms with Crippen LogP contribution in [0.3, 0.4) is 0 Å². The smallest absolute Gasteiger partial charge is 0.289 e. The number of hydrogen-bond acceptors (Lipinski definition) is 6. The lowest BCUT2D eigenvalue weighted by molar-refractivity contribution is -0.387. The average Bonchev–Trinajstić information content (AvgIpc) is 2.75. The van der Waals surface area contributed by atoms with Crippen molar-refractivity contribution in [3.05, 3.63) is 62.6 Å². The van der Waals surface area contributed by atoms with Crippen LogP contribution < -0.4 is 5.32 Å². The number of amides is 1. The highest BCUT2D eigenvalue weighted by atomic mass is 35.5. The van der Waals surface area contributed by atoms with Crippen molar-refractivity contribution in [2.45, 2.75) is 17.9 Å². The number of anilines is 1. The molecule has 1 saturated heterocycles. The third-order valence-electron chi connectivity index (χ3n) is 5.07. The summed E-state index contributed by atoms with van der Waals surface area (Å²) < 4.78 is 27.1. The molecule has 1 amide bonds. The maximum absolute atomic E-state index is 12.9. The van der Waals surface area contributed by atoms with Crippen LogP contribution in [-0.4, -0.2) is 60.7 Å². The molecule has 1 heterocycles. The van der Waals surface area contributed by atoms with Crippen molar-refractivity contribution >= 4 is 50.5 Å². The number of nitrogens with zero attached hydrogens (tertiary/aromatic N) is 3. The van der Waals surface area contributed by atoms with Gasteiger partial charge in [0.1, 0.15) is 0 Å². The molecule has 12 heteroatoms. The Labute approximate surface area is 189 Å². The number of nitrogens with one attached hydrogen (secondary N) is 1. The molecule has 0 spiro atoms. The topological polar surface area (TPSA) is 113 Å². The first-order valence-corrected chi connectivity index (χ1v) is 11.5. The first kappa shape index (κ1) is 23.4. The lowest BCUT2D eigenvalue weighted by Crippen LogP contribution is -2.54. The molecule has 3 rings (SSSR count). The third-order valence-corrected chi connectivity index (χ3v) is 7.56. The molecule has 1 fully saturated rings. The second-order valence-corrected chi connectivity index (χ2v) is 9.70. The van der Waals surface area contributed by atoms with Crippen LogP contribution in [0.15, 0.2) is 47.4 Å². The normalized spacial score (nSPS) is 16.6. The quantitative estimate of drug-likeness (QED) is 0.495. The van der Waals surface area contributed by atoms with E-state index in [1.807, 2.05) is 4.90 Å². The monoisotopic (exact) mass is 486 g/mol. The van der Waals surface area contributed by atoms with E-state index in [-0.39, 0.29) is 23.9 Å². The number of hydrogen-bond donors (Lipinski definition) is 1. The Kier molecular flexibility index (Phi) is 7.17. The molecule has 1 aliphatic rings. The van der Waals surface area contributed by atoms with Crippen molar-refractivity contribution in [3.63, 3.8) is 0 Å². The van der Waals surface area contributed by atoms with Crippen molar-refractivity contribution in [1.29, 1.82) is 0 Å². The summed E-state index contributed by atoms with van der Waals surface area (Å²) >= 11 is 12.0. The first-order valence-electron chi connectivity index (χ1n) is 9.35. The Balaban J connectivity index is 1.66. The largest absolute Gasteiger partial charge is 0.323 e. The van der Waals surface area contributed by atoms with Gasteiger partial charge in [0.25, 0.3) is 5.69 Å². The number of carbonyl (C=O) groups is 1. The molecule has 2 aromatic rings. The van der Waals surface area contributed by atoms with Crippen LogP contribution in [0.4, 0.5) is 11.4 Å². The van der Waals surface area contributed by atoms with Gasteiger partial charge in [-0.1, -0.05) is 35.3 Å². The minimum Gasteiger partial charge on any atom is -0.323 e. The number of benzene rings is 2. The van der Waals surface area contributed by atoms with Crippen LogP contribution in [-0.2, 0) is 14.8 Å². The number of carbonyl (C=O) groups excluding carboxylic acids is 1. The second kappa shape index (κ2) is 9.49. The van der Waals surface area contributed by atoms with E-state index in [1.165, 1.54) is 28.6 Å². The predicted molar refractivity (Wildman–Crippen MR) is 118 cm³/mol. The number of halogens is 2. The highest BCUT2D eigenvalue weighted by Crippen LogP contribution is 2.28. The first-order chi connectivity index (χ1) is 14.6. The second-order valence-electron chi connectivity index (χ2n) is 6.95. The van der Waals surface area contributed by atoms with Crippen molar-refractivity contribution in [3.8, 4) is 0 Å².